The van der Waals surface area contributed by atoms with Crippen molar-refractivity contribution in [3.63, 3.8) is 0 Å². The number of rotatable bonds is 2. The molecule has 94 valence electrons. The Morgan fingerprint density at radius 1 is 1.05 bits per heavy atom. The minimum absolute atomic E-state index is 0.213. The quantitative estimate of drug-likeness (QED) is 0.683. The van der Waals surface area contributed by atoms with E-state index in [-0.39, 0.29) is 12.3 Å². The Balaban J connectivity index is 2.28. The van der Waals surface area contributed by atoms with E-state index in [0.717, 1.165) is 27.4 Å². The van der Waals surface area contributed by atoms with Crippen LogP contribution in [0.4, 0.5) is 5.69 Å². The molecule has 1 heterocycles. The zero-order valence-electron chi connectivity index (χ0n) is 10.3. The van der Waals surface area contributed by atoms with Crippen LogP contribution in [-0.2, 0) is 11.2 Å². The molecule has 0 spiro atoms. The zero-order valence-corrected chi connectivity index (χ0v) is 10.3. The third-order valence-corrected chi connectivity index (χ3v) is 3.17. The summed E-state index contributed by atoms with van der Waals surface area (Å²) in [6.45, 7) is 0. The van der Waals surface area contributed by atoms with E-state index in [1.807, 2.05) is 42.5 Å². The van der Waals surface area contributed by atoms with Crippen LogP contribution in [0, 0.1) is 0 Å². The van der Waals surface area contributed by atoms with Crippen molar-refractivity contribution < 1.29 is 4.79 Å². The number of para-hydroxylation sites is 1. The number of primary amides is 1. The van der Waals surface area contributed by atoms with Crippen LogP contribution in [0.1, 0.15) is 5.56 Å². The van der Waals surface area contributed by atoms with Gasteiger partial charge in [-0.15, -0.1) is 0 Å². The van der Waals surface area contributed by atoms with Crippen LogP contribution in [-0.4, -0.2) is 10.9 Å². The maximum Gasteiger partial charge on any atom is 0.221 e. The highest BCUT2D eigenvalue weighted by molar-refractivity contribution is 6.06. The van der Waals surface area contributed by atoms with Gasteiger partial charge in [-0.1, -0.05) is 30.3 Å². The molecule has 3 rings (SSSR count). The highest BCUT2D eigenvalue weighted by Gasteiger charge is 2.07. The molecule has 4 N–H and O–H groups in total. The summed E-state index contributed by atoms with van der Waals surface area (Å²) in [6.07, 6.45) is 0.213. The molecule has 0 bridgehead atoms. The monoisotopic (exact) mass is 251 g/mol. The summed E-state index contributed by atoms with van der Waals surface area (Å²) in [4.78, 5) is 15.5. The van der Waals surface area contributed by atoms with Gasteiger partial charge in [0.2, 0.25) is 5.91 Å². The van der Waals surface area contributed by atoms with Gasteiger partial charge in [0.15, 0.2) is 0 Å². The van der Waals surface area contributed by atoms with Crippen LogP contribution in [0.15, 0.2) is 42.5 Å². The number of benzene rings is 2. The second kappa shape index (κ2) is 4.24. The summed E-state index contributed by atoms with van der Waals surface area (Å²) in [6, 6.07) is 13.4. The minimum Gasteiger partial charge on any atom is -0.398 e. The fourth-order valence-corrected chi connectivity index (χ4v) is 2.28. The predicted octanol–water partition coefficient (Wildman–Crippen LogP) is 2.00. The Morgan fingerprint density at radius 3 is 2.58 bits per heavy atom. The number of amides is 1. The lowest BCUT2D eigenvalue weighted by molar-refractivity contribution is -0.117. The Bertz CT molecular complexity index is 796. The van der Waals surface area contributed by atoms with Crippen LogP contribution in [0.5, 0.6) is 0 Å². The van der Waals surface area contributed by atoms with E-state index in [9.17, 15) is 4.79 Å². The van der Waals surface area contributed by atoms with Gasteiger partial charge < -0.3 is 11.5 Å². The van der Waals surface area contributed by atoms with Crippen molar-refractivity contribution in [1.82, 2.24) is 4.98 Å². The number of pyridine rings is 1. The summed E-state index contributed by atoms with van der Waals surface area (Å²) < 4.78 is 0. The average Bonchev–Trinajstić information content (AvgIpc) is 2.38. The summed E-state index contributed by atoms with van der Waals surface area (Å²) in [7, 11) is 0. The van der Waals surface area contributed by atoms with E-state index in [2.05, 4.69) is 4.98 Å². The van der Waals surface area contributed by atoms with Gasteiger partial charge in [0.05, 0.1) is 23.1 Å². The third-order valence-electron chi connectivity index (χ3n) is 3.17. The van der Waals surface area contributed by atoms with E-state index < -0.39 is 0 Å². The molecule has 4 heteroatoms. The summed E-state index contributed by atoms with van der Waals surface area (Å²) in [5.41, 5.74) is 14.6. The molecule has 0 fully saturated rings. The van der Waals surface area contributed by atoms with Gasteiger partial charge in [0.25, 0.3) is 0 Å². The predicted molar refractivity (Wildman–Crippen MR) is 76.6 cm³/mol. The van der Waals surface area contributed by atoms with Gasteiger partial charge in [0, 0.05) is 10.8 Å². The molecule has 2 aromatic carbocycles. The molecular weight excluding hydrogens is 238 g/mol. The number of aromatic nitrogens is 1. The molecule has 0 radical (unpaired) electrons. The number of hydrogen-bond acceptors (Lipinski definition) is 3. The zero-order chi connectivity index (χ0) is 13.4. The number of carbonyl (C=O) groups excluding carboxylic acids is 1. The summed E-state index contributed by atoms with van der Waals surface area (Å²) >= 11 is 0. The molecule has 3 aromatic rings. The number of anilines is 1. The van der Waals surface area contributed by atoms with Crippen LogP contribution in [0.25, 0.3) is 21.8 Å². The molecular formula is C15H13N3O. The van der Waals surface area contributed by atoms with E-state index >= 15 is 0 Å². The van der Waals surface area contributed by atoms with Crippen molar-refractivity contribution in [2.45, 2.75) is 6.42 Å². The topological polar surface area (TPSA) is 82.0 Å². The first-order valence-electron chi connectivity index (χ1n) is 6.00. The molecule has 0 aliphatic rings. The second-order valence-electron chi connectivity index (χ2n) is 4.54. The highest BCUT2D eigenvalue weighted by Crippen LogP contribution is 2.28. The van der Waals surface area contributed by atoms with Crippen LogP contribution in [0.3, 0.4) is 0 Å². The average molecular weight is 251 g/mol. The number of hydrogen-bond donors (Lipinski definition) is 2. The van der Waals surface area contributed by atoms with Gasteiger partial charge in [-0.2, -0.15) is 0 Å². The fourth-order valence-electron chi connectivity index (χ4n) is 2.28. The molecule has 0 atom stereocenters. The number of nitrogens with zero attached hydrogens (tertiary/aromatic N) is 1. The maximum atomic E-state index is 11.0. The molecule has 4 nitrogen and oxygen atoms in total. The van der Waals surface area contributed by atoms with Crippen molar-refractivity contribution in [3.05, 3.63) is 48.0 Å². The van der Waals surface area contributed by atoms with Crippen molar-refractivity contribution in [2.24, 2.45) is 5.73 Å². The Morgan fingerprint density at radius 2 is 1.79 bits per heavy atom. The Hall–Kier alpha value is -2.62. The number of nitrogens with two attached hydrogens (primary N) is 2. The lowest BCUT2D eigenvalue weighted by Gasteiger charge is -2.07. The third kappa shape index (κ3) is 1.97. The SMILES string of the molecule is NC(=O)Cc1ccc2c(N)c3ccccc3nc2c1. The molecule has 0 unspecified atom stereocenters. The Kier molecular flexibility index (Phi) is 2.56. The largest absolute Gasteiger partial charge is 0.398 e. The Labute approximate surface area is 110 Å². The summed E-state index contributed by atoms with van der Waals surface area (Å²) in [5, 5.41) is 1.84. The van der Waals surface area contributed by atoms with E-state index in [4.69, 9.17) is 11.5 Å². The van der Waals surface area contributed by atoms with Crippen LogP contribution < -0.4 is 11.5 Å². The number of carbonyl (C=O) groups is 1. The molecule has 1 aromatic heterocycles. The molecule has 19 heavy (non-hydrogen) atoms. The first-order chi connectivity index (χ1) is 9.15. The van der Waals surface area contributed by atoms with Crippen LogP contribution >= 0.6 is 0 Å². The molecule has 0 saturated heterocycles. The number of nitrogen functional groups attached to an aromatic ring is 1. The van der Waals surface area contributed by atoms with E-state index in [0.29, 0.717) is 5.69 Å². The maximum absolute atomic E-state index is 11.0. The second-order valence-corrected chi connectivity index (χ2v) is 4.54. The molecule has 0 aliphatic heterocycles. The van der Waals surface area contributed by atoms with Gasteiger partial charge in [0.1, 0.15) is 0 Å². The van der Waals surface area contributed by atoms with Gasteiger partial charge >= 0.3 is 0 Å². The van der Waals surface area contributed by atoms with Crippen molar-refractivity contribution in [3.8, 4) is 0 Å². The first-order valence-corrected chi connectivity index (χ1v) is 6.00. The normalized spacial score (nSPS) is 10.9. The lowest BCUT2D eigenvalue weighted by Crippen LogP contribution is -2.13. The van der Waals surface area contributed by atoms with Gasteiger partial charge in [-0.05, 0) is 17.7 Å². The van der Waals surface area contributed by atoms with E-state index in [1.165, 1.54) is 0 Å². The smallest absolute Gasteiger partial charge is 0.221 e. The van der Waals surface area contributed by atoms with Gasteiger partial charge in [-0.25, -0.2) is 4.98 Å². The standard InChI is InChI=1S/C15H13N3O/c16-14(19)8-9-5-6-11-13(7-9)18-12-4-2-1-3-10(12)15(11)17/h1-7H,8H2,(H2,16,19)(H2,17,18). The molecule has 0 saturated carbocycles. The lowest BCUT2D eigenvalue weighted by atomic mass is 10.0. The minimum atomic E-state index is -0.354. The molecule has 1 amide bonds. The van der Waals surface area contributed by atoms with Crippen molar-refractivity contribution >= 4 is 33.4 Å². The first kappa shape index (κ1) is 11.5. The fraction of sp³-hybridized carbons (Fsp3) is 0.0667. The van der Waals surface area contributed by atoms with E-state index in [1.54, 1.807) is 0 Å². The van der Waals surface area contributed by atoms with Gasteiger partial charge in [-0.3, -0.25) is 4.79 Å². The van der Waals surface area contributed by atoms with Crippen molar-refractivity contribution in [2.75, 3.05) is 5.73 Å². The highest BCUT2D eigenvalue weighted by atomic mass is 16.1. The summed E-state index contributed by atoms with van der Waals surface area (Å²) in [5.74, 6) is -0.354. The van der Waals surface area contributed by atoms with Crippen LogP contribution in [0.2, 0.25) is 0 Å². The molecule has 0 aliphatic carbocycles. The van der Waals surface area contributed by atoms with Crippen molar-refractivity contribution in [1.29, 1.82) is 0 Å². The number of fused-ring (bicyclic) bond motifs is 2.